The molecule has 0 aliphatic heterocycles. The van der Waals surface area contributed by atoms with E-state index in [1.54, 1.807) is 20.8 Å². The Kier molecular flexibility index (Phi) is 5.43. The number of carbonyl (C=O) groups is 1. The van der Waals surface area contributed by atoms with Gasteiger partial charge in [0.2, 0.25) is 0 Å². The van der Waals surface area contributed by atoms with Crippen molar-refractivity contribution in [2.24, 2.45) is 0 Å². The van der Waals surface area contributed by atoms with Crippen LogP contribution in [0.5, 0.6) is 0 Å². The average molecular weight is 296 g/mol. The van der Waals surface area contributed by atoms with E-state index in [0.717, 1.165) is 12.8 Å². The number of rotatable bonds is 8. The number of hydrogen-bond donors (Lipinski definition) is 2. The maximum absolute atomic E-state index is 12.5. The Morgan fingerprint density at radius 1 is 1.40 bits per heavy atom. The van der Waals surface area contributed by atoms with Gasteiger partial charge in [0.05, 0.1) is 6.54 Å². The zero-order valence-electron chi connectivity index (χ0n) is 12.1. The molecule has 0 aromatic heterocycles. The van der Waals surface area contributed by atoms with Crippen LogP contribution in [0, 0.1) is 0 Å². The monoisotopic (exact) mass is 296 g/mol. The Labute approximate surface area is 117 Å². The Bertz CT molecular complexity index is 343. The number of carboxylic acid groups (broad SMARTS) is 1. The zero-order valence-corrected chi connectivity index (χ0v) is 12.1. The highest BCUT2D eigenvalue weighted by molar-refractivity contribution is 5.78. The average Bonchev–Trinajstić information content (AvgIpc) is 3.06. The van der Waals surface area contributed by atoms with Gasteiger partial charge in [0.1, 0.15) is 5.54 Å². The fourth-order valence-corrected chi connectivity index (χ4v) is 2.04. The largest absolute Gasteiger partial charge is 0.480 e. The first-order chi connectivity index (χ1) is 9.03. The molecule has 1 saturated carbocycles. The summed E-state index contributed by atoms with van der Waals surface area (Å²) in [6, 6.07) is -0.0955. The summed E-state index contributed by atoms with van der Waals surface area (Å²) in [7, 11) is 0. The third-order valence-electron chi connectivity index (χ3n) is 3.58. The van der Waals surface area contributed by atoms with Gasteiger partial charge in [-0.2, -0.15) is 13.2 Å². The number of halogens is 3. The number of aliphatic carboxylic acids is 1. The van der Waals surface area contributed by atoms with Crippen LogP contribution < -0.4 is 5.32 Å². The van der Waals surface area contributed by atoms with E-state index in [-0.39, 0.29) is 25.0 Å². The Morgan fingerprint density at radius 3 is 2.30 bits per heavy atom. The highest BCUT2D eigenvalue weighted by atomic mass is 19.4. The predicted molar refractivity (Wildman–Crippen MR) is 69.6 cm³/mol. The topological polar surface area (TPSA) is 52.6 Å². The third kappa shape index (κ3) is 5.66. The van der Waals surface area contributed by atoms with Crippen LogP contribution in [0.3, 0.4) is 0 Å². The van der Waals surface area contributed by atoms with E-state index in [0.29, 0.717) is 0 Å². The molecule has 0 saturated heterocycles. The molecule has 0 aromatic carbocycles. The second-order valence-corrected chi connectivity index (χ2v) is 5.99. The molecular weight excluding hydrogens is 273 g/mol. The lowest BCUT2D eigenvalue weighted by atomic mass is 9.97. The van der Waals surface area contributed by atoms with Crippen LogP contribution in [0.2, 0.25) is 0 Å². The van der Waals surface area contributed by atoms with Crippen molar-refractivity contribution in [2.45, 2.75) is 63.8 Å². The molecular formula is C13H23F3N2O2. The molecule has 20 heavy (non-hydrogen) atoms. The second-order valence-electron chi connectivity index (χ2n) is 5.99. The van der Waals surface area contributed by atoms with Gasteiger partial charge in [0.15, 0.2) is 0 Å². The van der Waals surface area contributed by atoms with Gasteiger partial charge in [-0.05, 0) is 40.0 Å². The SMILES string of the molecule is CC(C)N(CCC(C)(NC1CC1)C(=O)O)CC(F)(F)F. The molecule has 0 bridgehead atoms. The summed E-state index contributed by atoms with van der Waals surface area (Å²) in [6.07, 6.45) is -2.26. The van der Waals surface area contributed by atoms with E-state index in [1.807, 2.05) is 0 Å². The molecule has 0 amide bonds. The van der Waals surface area contributed by atoms with Gasteiger partial charge < -0.3 is 5.11 Å². The molecule has 2 N–H and O–H groups in total. The maximum atomic E-state index is 12.5. The molecule has 0 heterocycles. The molecule has 1 aliphatic rings. The minimum Gasteiger partial charge on any atom is -0.480 e. The quantitative estimate of drug-likeness (QED) is 0.721. The third-order valence-corrected chi connectivity index (χ3v) is 3.58. The molecule has 1 aliphatic carbocycles. The van der Waals surface area contributed by atoms with Gasteiger partial charge >= 0.3 is 12.1 Å². The lowest BCUT2D eigenvalue weighted by Crippen LogP contribution is -2.53. The van der Waals surface area contributed by atoms with Crippen LogP contribution in [0.25, 0.3) is 0 Å². The van der Waals surface area contributed by atoms with E-state index < -0.39 is 24.2 Å². The summed E-state index contributed by atoms with van der Waals surface area (Å²) < 4.78 is 37.5. The number of carboxylic acids is 1. The molecule has 0 radical (unpaired) electrons. The summed E-state index contributed by atoms with van der Waals surface area (Å²) in [5.41, 5.74) is -1.17. The summed E-state index contributed by atoms with van der Waals surface area (Å²) in [5, 5.41) is 12.3. The number of nitrogens with one attached hydrogen (secondary N) is 1. The molecule has 1 unspecified atom stereocenters. The molecule has 4 nitrogen and oxygen atoms in total. The lowest BCUT2D eigenvalue weighted by molar-refractivity contribution is -0.151. The fraction of sp³-hybridized carbons (Fsp3) is 0.923. The van der Waals surface area contributed by atoms with Crippen molar-refractivity contribution in [2.75, 3.05) is 13.1 Å². The highest BCUT2D eigenvalue weighted by Crippen LogP contribution is 2.25. The Morgan fingerprint density at radius 2 is 1.95 bits per heavy atom. The predicted octanol–water partition coefficient (Wildman–Crippen LogP) is 2.24. The minimum absolute atomic E-state index is 0.0969. The first kappa shape index (κ1) is 17.2. The van der Waals surface area contributed by atoms with E-state index in [2.05, 4.69) is 5.32 Å². The fourth-order valence-electron chi connectivity index (χ4n) is 2.04. The first-order valence-electron chi connectivity index (χ1n) is 6.85. The summed E-state index contributed by atoms with van der Waals surface area (Å²) in [4.78, 5) is 12.6. The van der Waals surface area contributed by atoms with Crippen molar-refractivity contribution in [1.29, 1.82) is 0 Å². The molecule has 1 rings (SSSR count). The number of nitrogens with zero attached hydrogens (tertiary/aromatic N) is 1. The highest BCUT2D eigenvalue weighted by Gasteiger charge is 2.39. The van der Waals surface area contributed by atoms with Crippen molar-refractivity contribution < 1.29 is 23.1 Å². The molecule has 1 fully saturated rings. The van der Waals surface area contributed by atoms with E-state index in [1.165, 1.54) is 4.90 Å². The van der Waals surface area contributed by atoms with E-state index >= 15 is 0 Å². The standard InChI is InChI=1S/C13H23F3N2O2/c1-9(2)18(8-13(14,15)16)7-6-12(3,11(19)20)17-10-4-5-10/h9-10,17H,4-8H2,1-3H3,(H,19,20). The van der Waals surface area contributed by atoms with Crippen LogP contribution in [0.15, 0.2) is 0 Å². The van der Waals surface area contributed by atoms with Crippen LogP contribution in [-0.4, -0.2) is 52.9 Å². The molecule has 0 aromatic rings. The zero-order chi connectivity index (χ0) is 15.6. The smallest absolute Gasteiger partial charge is 0.401 e. The number of alkyl halides is 3. The first-order valence-corrected chi connectivity index (χ1v) is 6.85. The molecule has 0 spiro atoms. The van der Waals surface area contributed by atoms with Gasteiger partial charge in [-0.1, -0.05) is 0 Å². The van der Waals surface area contributed by atoms with Crippen molar-refractivity contribution in [3.8, 4) is 0 Å². The van der Waals surface area contributed by atoms with E-state index in [4.69, 9.17) is 0 Å². The lowest BCUT2D eigenvalue weighted by Gasteiger charge is -2.32. The summed E-state index contributed by atoms with van der Waals surface area (Å²) in [5.74, 6) is -1.01. The van der Waals surface area contributed by atoms with Gasteiger partial charge in [0.25, 0.3) is 0 Å². The second kappa shape index (κ2) is 6.30. The Hall–Kier alpha value is -0.820. The van der Waals surface area contributed by atoms with Gasteiger partial charge in [-0.15, -0.1) is 0 Å². The number of hydrogen-bond acceptors (Lipinski definition) is 3. The minimum atomic E-state index is -4.27. The van der Waals surface area contributed by atoms with Crippen LogP contribution in [-0.2, 0) is 4.79 Å². The van der Waals surface area contributed by atoms with Crippen LogP contribution >= 0.6 is 0 Å². The molecule has 1 atom stereocenters. The van der Waals surface area contributed by atoms with Crippen molar-refractivity contribution in [3.05, 3.63) is 0 Å². The summed E-state index contributed by atoms with van der Waals surface area (Å²) in [6.45, 7) is 3.99. The Balaban J connectivity index is 2.60. The molecule has 7 heteroatoms. The van der Waals surface area contributed by atoms with Crippen molar-refractivity contribution >= 4 is 5.97 Å². The van der Waals surface area contributed by atoms with Crippen LogP contribution in [0.1, 0.15) is 40.0 Å². The van der Waals surface area contributed by atoms with Gasteiger partial charge in [0, 0.05) is 18.6 Å². The van der Waals surface area contributed by atoms with Crippen LogP contribution in [0.4, 0.5) is 13.2 Å². The van der Waals surface area contributed by atoms with Crippen molar-refractivity contribution in [3.63, 3.8) is 0 Å². The van der Waals surface area contributed by atoms with Gasteiger partial charge in [-0.3, -0.25) is 15.0 Å². The van der Waals surface area contributed by atoms with E-state index in [9.17, 15) is 23.1 Å². The maximum Gasteiger partial charge on any atom is 0.401 e. The summed E-state index contributed by atoms with van der Waals surface area (Å²) >= 11 is 0. The normalized spacial score (nSPS) is 19.4. The van der Waals surface area contributed by atoms with Gasteiger partial charge in [-0.25, -0.2) is 0 Å². The molecule has 118 valence electrons. The van der Waals surface area contributed by atoms with Crippen molar-refractivity contribution in [1.82, 2.24) is 10.2 Å².